The molecule has 1 rings (SSSR count). The van der Waals surface area contributed by atoms with E-state index >= 15 is 0 Å². The van der Waals surface area contributed by atoms with Gasteiger partial charge in [-0.3, -0.25) is 4.79 Å². The highest BCUT2D eigenvalue weighted by Crippen LogP contribution is 2.15. The third-order valence-corrected chi connectivity index (χ3v) is 4.28. The molecule has 1 amide bonds. The number of piperidine rings is 1. The van der Waals surface area contributed by atoms with Gasteiger partial charge in [-0.05, 0) is 64.2 Å². The molecular formula is C16H33N3O. The zero-order chi connectivity index (χ0) is 15.0. The van der Waals surface area contributed by atoms with Gasteiger partial charge in [-0.25, -0.2) is 0 Å². The van der Waals surface area contributed by atoms with Gasteiger partial charge in [-0.1, -0.05) is 20.8 Å². The van der Waals surface area contributed by atoms with Crippen LogP contribution in [0, 0.1) is 11.8 Å². The van der Waals surface area contributed by atoms with Gasteiger partial charge in [-0.2, -0.15) is 0 Å². The molecule has 118 valence electrons. The molecule has 0 saturated carbocycles. The van der Waals surface area contributed by atoms with Crippen molar-refractivity contribution in [2.45, 2.75) is 53.0 Å². The zero-order valence-corrected chi connectivity index (χ0v) is 13.7. The number of nitrogens with one attached hydrogen (secondary N) is 2. The first kappa shape index (κ1) is 17.4. The van der Waals surface area contributed by atoms with E-state index in [0.717, 1.165) is 32.0 Å². The minimum absolute atomic E-state index is 0.0774. The molecule has 2 N–H and O–H groups in total. The summed E-state index contributed by atoms with van der Waals surface area (Å²) in [6.07, 6.45) is 3.55. The molecule has 0 aliphatic carbocycles. The van der Waals surface area contributed by atoms with E-state index in [9.17, 15) is 4.79 Å². The molecule has 0 radical (unpaired) electrons. The number of likely N-dealkylation sites (tertiary alicyclic amines) is 1. The van der Waals surface area contributed by atoms with Crippen LogP contribution >= 0.6 is 0 Å². The minimum Gasteiger partial charge on any atom is -0.355 e. The van der Waals surface area contributed by atoms with Crippen molar-refractivity contribution in [1.29, 1.82) is 0 Å². The van der Waals surface area contributed by atoms with Crippen molar-refractivity contribution < 1.29 is 4.79 Å². The summed E-state index contributed by atoms with van der Waals surface area (Å²) >= 11 is 0. The summed E-state index contributed by atoms with van der Waals surface area (Å²) < 4.78 is 0. The lowest BCUT2D eigenvalue weighted by molar-refractivity contribution is -0.122. The van der Waals surface area contributed by atoms with Crippen molar-refractivity contribution in [1.82, 2.24) is 15.5 Å². The molecule has 1 aliphatic heterocycles. The fraction of sp³-hybridized carbons (Fsp3) is 0.938. The van der Waals surface area contributed by atoms with Crippen molar-refractivity contribution in [3.05, 3.63) is 0 Å². The second-order valence-corrected chi connectivity index (χ2v) is 6.48. The van der Waals surface area contributed by atoms with Gasteiger partial charge < -0.3 is 15.5 Å². The Morgan fingerprint density at radius 3 is 2.45 bits per heavy atom. The number of hydrogen-bond acceptors (Lipinski definition) is 3. The molecule has 20 heavy (non-hydrogen) atoms. The molecule has 0 aromatic heterocycles. The lowest BCUT2D eigenvalue weighted by Crippen LogP contribution is -2.45. The zero-order valence-electron chi connectivity index (χ0n) is 13.7. The number of carbonyl (C=O) groups is 1. The third kappa shape index (κ3) is 6.71. The molecule has 0 spiro atoms. The first-order chi connectivity index (χ1) is 9.52. The Bertz CT molecular complexity index is 273. The molecule has 1 heterocycles. The normalized spacial score (nSPS) is 19.2. The maximum absolute atomic E-state index is 11.9. The SMILES string of the molecule is CCN1CCC(CNC(C)C(=O)NCCC(C)C)CC1. The Balaban J connectivity index is 2.13. The second kappa shape index (κ2) is 9.35. The fourth-order valence-corrected chi connectivity index (χ4v) is 2.58. The quantitative estimate of drug-likeness (QED) is 0.714. The Morgan fingerprint density at radius 1 is 1.25 bits per heavy atom. The van der Waals surface area contributed by atoms with Gasteiger partial charge >= 0.3 is 0 Å². The maximum Gasteiger partial charge on any atom is 0.236 e. The van der Waals surface area contributed by atoms with E-state index in [0.29, 0.717) is 5.92 Å². The number of nitrogens with zero attached hydrogens (tertiary/aromatic N) is 1. The van der Waals surface area contributed by atoms with Crippen LogP contribution in [0.15, 0.2) is 0 Å². The second-order valence-electron chi connectivity index (χ2n) is 6.48. The van der Waals surface area contributed by atoms with Crippen LogP contribution in [-0.2, 0) is 4.79 Å². The molecular weight excluding hydrogens is 250 g/mol. The monoisotopic (exact) mass is 283 g/mol. The van der Waals surface area contributed by atoms with Gasteiger partial charge in [0.05, 0.1) is 6.04 Å². The largest absolute Gasteiger partial charge is 0.355 e. The average molecular weight is 283 g/mol. The van der Waals surface area contributed by atoms with E-state index in [-0.39, 0.29) is 11.9 Å². The van der Waals surface area contributed by atoms with Crippen molar-refractivity contribution in [2.75, 3.05) is 32.7 Å². The van der Waals surface area contributed by atoms with Crippen LogP contribution < -0.4 is 10.6 Å². The summed E-state index contributed by atoms with van der Waals surface area (Å²) in [5.41, 5.74) is 0. The molecule has 4 nitrogen and oxygen atoms in total. The van der Waals surface area contributed by atoms with Crippen LogP contribution in [0.4, 0.5) is 0 Å². The highest BCUT2D eigenvalue weighted by molar-refractivity contribution is 5.81. The molecule has 1 atom stereocenters. The van der Waals surface area contributed by atoms with Crippen LogP contribution in [0.3, 0.4) is 0 Å². The number of carbonyl (C=O) groups excluding carboxylic acids is 1. The molecule has 1 fully saturated rings. The van der Waals surface area contributed by atoms with Crippen LogP contribution in [0.25, 0.3) is 0 Å². The number of rotatable bonds is 8. The van der Waals surface area contributed by atoms with E-state index in [1.165, 1.54) is 25.9 Å². The van der Waals surface area contributed by atoms with Crippen molar-refractivity contribution in [3.63, 3.8) is 0 Å². The van der Waals surface area contributed by atoms with E-state index in [1.54, 1.807) is 0 Å². The van der Waals surface area contributed by atoms with Crippen molar-refractivity contribution in [2.24, 2.45) is 11.8 Å². The van der Waals surface area contributed by atoms with Gasteiger partial charge in [0.2, 0.25) is 5.91 Å². The number of hydrogen-bond donors (Lipinski definition) is 2. The van der Waals surface area contributed by atoms with Crippen LogP contribution in [-0.4, -0.2) is 49.6 Å². The standard InChI is InChI=1S/C16H33N3O/c1-5-19-10-7-15(8-11-19)12-18-14(4)16(20)17-9-6-13(2)3/h13-15,18H,5-12H2,1-4H3,(H,17,20). The average Bonchev–Trinajstić information content (AvgIpc) is 2.44. The van der Waals surface area contributed by atoms with Gasteiger partial charge in [0, 0.05) is 6.54 Å². The van der Waals surface area contributed by atoms with E-state index in [1.807, 2.05) is 6.92 Å². The maximum atomic E-state index is 11.9. The summed E-state index contributed by atoms with van der Waals surface area (Å²) in [7, 11) is 0. The lowest BCUT2D eigenvalue weighted by atomic mass is 9.96. The molecule has 4 heteroatoms. The summed E-state index contributed by atoms with van der Waals surface area (Å²) in [4.78, 5) is 14.4. The van der Waals surface area contributed by atoms with E-state index < -0.39 is 0 Å². The molecule has 0 aromatic carbocycles. The molecule has 1 saturated heterocycles. The predicted molar refractivity (Wildman–Crippen MR) is 84.8 cm³/mol. The van der Waals surface area contributed by atoms with Gasteiger partial charge in [0.1, 0.15) is 0 Å². The highest BCUT2D eigenvalue weighted by atomic mass is 16.2. The Hall–Kier alpha value is -0.610. The summed E-state index contributed by atoms with van der Waals surface area (Å²) in [5.74, 6) is 1.50. The third-order valence-electron chi connectivity index (χ3n) is 4.28. The highest BCUT2D eigenvalue weighted by Gasteiger charge is 2.19. The smallest absolute Gasteiger partial charge is 0.236 e. The number of amides is 1. The summed E-state index contributed by atoms with van der Waals surface area (Å²) in [6.45, 7) is 13.9. The molecule has 0 bridgehead atoms. The van der Waals surface area contributed by atoms with Crippen LogP contribution in [0.2, 0.25) is 0 Å². The molecule has 0 aromatic rings. The van der Waals surface area contributed by atoms with Crippen molar-refractivity contribution >= 4 is 5.91 Å². The lowest BCUT2D eigenvalue weighted by Gasteiger charge is -2.31. The topological polar surface area (TPSA) is 44.4 Å². The van der Waals surface area contributed by atoms with Gasteiger partial charge in [-0.15, -0.1) is 0 Å². The molecule has 1 unspecified atom stereocenters. The fourth-order valence-electron chi connectivity index (χ4n) is 2.58. The first-order valence-corrected chi connectivity index (χ1v) is 8.26. The molecule has 1 aliphatic rings. The summed E-state index contributed by atoms with van der Waals surface area (Å²) in [6, 6.07) is -0.0774. The Kier molecular flexibility index (Phi) is 8.15. The van der Waals surface area contributed by atoms with Gasteiger partial charge in [0.15, 0.2) is 0 Å². The van der Waals surface area contributed by atoms with Gasteiger partial charge in [0.25, 0.3) is 0 Å². The Labute approximate surface area is 124 Å². The van der Waals surface area contributed by atoms with E-state index in [2.05, 4.69) is 36.3 Å². The minimum atomic E-state index is -0.0774. The van der Waals surface area contributed by atoms with Crippen LogP contribution in [0.5, 0.6) is 0 Å². The van der Waals surface area contributed by atoms with Crippen molar-refractivity contribution in [3.8, 4) is 0 Å². The predicted octanol–water partition coefficient (Wildman–Crippen LogP) is 1.86. The Morgan fingerprint density at radius 2 is 1.90 bits per heavy atom. The van der Waals surface area contributed by atoms with E-state index in [4.69, 9.17) is 0 Å². The first-order valence-electron chi connectivity index (χ1n) is 8.26. The summed E-state index contributed by atoms with van der Waals surface area (Å²) in [5, 5.41) is 6.40. The van der Waals surface area contributed by atoms with Crippen LogP contribution in [0.1, 0.15) is 47.0 Å².